The van der Waals surface area contributed by atoms with Gasteiger partial charge in [0.05, 0.1) is 26.4 Å². The van der Waals surface area contributed by atoms with Crippen LogP contribution in [0.5, 0.6) is 0 Å². The van der Waals surface area contributed by atoms with Crippen LogP contribution in [-0.2, 0) is 47.7 Å². The third-order valence-electron chi connectivity index (χ3n) is 5.93. The normalized spacial score (nSPS) is 10.4. The van der Waals surface area contributed by atoms with Crippen molar-refractivity contribution in [1.29, 1.82) is 0 Å². The molecule has 0 aliphatic rings. The van der Waals surface area contributed by atoms with E-state index in [1.54, 1.807) is 0 Å². The molecular formula is C30H42MgO12. The van der Waals surface area contributed by atoms with Crippen molar-refractivity contribution in [3.8, 4) is 0 Å². The zero-order chi connectivity index (χ0) is 33.3. The van der Waals surface area contributed by atoms with Crippen molar-refractivity contribution in [1.82, 2.24) is 0 Å². The number of carbonyl (C=O) groups is 6. The Kier molecular flexibility index (Phi) is 21.8. The van der Waals surface area contributed by atoms with E-state index in [4.69, 9.17) is 18.9 Å². The molecule has 0 unspecified atom stereocenters. The first-order chi connectivity index (χ1) is 19.2. The number of aliphatic carboxylic acids is 2. The SMILES string of the molecule is C=C(C)C(=O)OCCC(C)(CCOC(=O)C(=C)C)C(=O)[O-].C=C(C)C(=O)OCCC(C)(CCOC(=O)C(=C)C)C(=O)[O-].[Mg+2]. The summed E-state index contributed by atoms with van der Waals surface area (Å²) in [5.74, 6) is -4.90. The summed E-state index contributed by atoms with van der Waals surface area (Å²) in [4.78, 5) is 67.3. The number of ether oxygens (including phenoxy) is 4. The van der Waals surface area contributed by atoms with E-state index in [1.165, 1.54) is 41.5 Å². The number of hydrogen-bond acceptors (Lipinski definition) is 12. The predicted molar refractivity (Wildman–Crippen MR) is 154 cm³/mol. The van der Waals surface area contributed by atoms with Gasteiger partial charge in [-0.15, -0.1) is 0 Å². The third-order valence-corrected chi connectivity index (χ3v) is 5.93. The van der Waals surface area contributed by atoms with Crippen LogP contribution in [0.25, 0.3) is 0 Å². The fourth-order valence-corrected chi connectivity index (χ4v) is 2.63. The fourth-order valence-electron chi connectivity index (χ4n) is 2.63. The van der Waals surface area contributed by atoms with Crippen molar-refractivity contribution in [2.75, 3.05) is 26.4 Å². The van der Waals surface area contributed by atoms with E-state index in [9.17, 15) is 39.0 Å². The second kappa shape index (κ2) is 21.3. The smallest absolute Gasteiger partial charge is 0.550 e. The molecule has 0 aliphatic carbocycles. The summed E-state index contributed by atoms with van der Waals surface area (Å²) in [5, 5.41) is 22.4. The molecule has 0 rings (SSSR count). The van der Waals surface area contributed by atoms with Gasteiger partial charge in [0, 0.05) is 45.1 Å². The first-order valence-corrected chi connectivity index (χ1v) is 12.9. The van der Waals surface area contributed by atoms with Gasteiger partial charge in [-0.3, -0.25) is 0 Å². The van der Waals surface area contributed by atoms with Crippen LogP contribution < -0.4 is 10.2 Å². The number of carboxylic acids is 2. The van der Waals surface area contributed by atoms with Gasteiger partial charge in [-0.2, -0.15) is 0 Å². The van der Waals surface area contributed by atoms with Gasteiger partial charge in [0.15, 0.2) is 0 Å². The molecule has 0 bridgehead atoms. The second-order valence-corrected chi connectivity index (χ2v) is 10.4. The average molecular weight is 619 g/mol. The van der Waals surface area contributed by atoms with Crippen LogP contribution in [0.15, 0.2) is 48.6 Å². The van der Waals surface area contributed by atoms with E-state index < -0.39 is 46.6 Å². The fraction of sp³-hybridized carbons (Fsp3) is 0.533. The van der Waals surface area contributed by atoms with Gasteiger partial charge >= 0.3 is 46.9 Å². The average Bonchev–Trinajstić information content (AvgIpc) is 2.88. The van der Waals surface area contributed by atoms with Gasteiger partial charge < -0.3 is 38.7 Å². The van der Waals surface area contributed by atoms with Gasteiger partial charge in [0.1, 0.15) is 0 Å². The van der Waals surface area contributed by atoms with Crippen molar-refractivity contribution in [3.63, 3.8) is 0 Å². The molecular weight excluding hydrogens is 577 g/mol. The summed E-state index contributed by atoms with van der Waals surface area (Å²) in [7, 11) is 0. The zero-order valence-electron chi connectivity index (χ0n) is 26.1. The molecule has 236 valence electrons. The molecule has 43 heavy (non-hydrogen) atoms. The predicted octanol–water partition coefficient (Wildman–Crippen LogP) is 1.14. The maximum atomic E-state index is 11.2. The Balaban J connectivity index is -0.000000727. The maximum Gasteiger partial charge on any atom is 2.00 e. The summed E-state index contributed by atoms with van der Waals surface area (Å²) >= 11 is 0. The van der Waals surface area contributed by atoms with E-state index in [-0.39, 0.29) is 97.5 Å². The Labute approximate surface area is 269 Å². The molecule has 12 nitrogen and oxygen atoms in total. The van der Waals surface area contributed by atoms with Crippen molar-refractivity contribution >= 4 is 58.9 Å². The molecule has 0 aromatic rings. The minimum absolute atomic E-state index is 0. The Bertz CT molecular complexity index is 925. The number of carboxylic acid groups (broad SMARTS) is 2. The van der Waals surface area contributed by atoms with Gasteiger partial charge in [0.25, 0.3) is 0 Å². The first-order valence-electron chi connectivity index (χ1n) is 12.9. The van der Waals surface area contributed by atoms with E-state index in [1.807, 2.05) is 0 Å². The molecule has 0 aliphatic heterocycles. The molecule has 0 saturated carbocycles. The molecule has 0 amide bonds. The minimum atomic E-state index is -1.29. The van der Waals surface area contributed by atoms with E-state index in [0.29, 0.717) is 0 Å². The second-order valence-electron chi connectivity index (χ2n) is 10.4. The summed E-state index contributed by atoms with van der Waals surface area (Å²) in [6.45, 7) is 22.3. The molecule has 0 spiro atoms. The van der Waals surface area contributed by atoms with Gasteiger partial charge in [-0.1, -0.05) is 40.2 Å². The van der Waals surface area contributed by atoms with Gasteiger partial charge in [0.2, 0.25) is 0 Å². The van der Waals surface area contributed by atoms with Crippen LogP contribution in [0.2, 0.25) is 0 Å². The van der Waals surface area contributed by atoms with Crippen LogP contribution >= 0.6 is 0 Å². The van der Waals surface area contributed by atoms with E-state index >= 15 is 0 Å². The van der Waals surface area contributed by atoms with Crippen LogP contribution in [0, 0.1) is 10.8 Å². The summed E-state index contributed by atoms with van der Waals surface area (Å²) in [6.07, 6.45) is 0.218. The number of carbonyl (C=O) groups excluding carboxylic acids is 6. The Morgan fingerprint density at radius 1 is 0.488 bits per heavy atom. The van der Waals surface area contributed by atoms with Crippen molar-refractivity contribution in [3.05, 3.63) is 48.6 Å². The van der Waals surface area contributed by atoms with E-state index in [0.717, 1.165) is 0 Å². The van der Waals surface area contributed by atoms with Crippen molar-refractivity contribution in [2.24, 2.45) is 10.8 Å². The molecule has 0 heterocycles. The summed E-state index contributed by atoms with van der Waals surface area (Å²) in [5.41, 5.74) is -1.57. The molecule has 13 heteroatoms. The molecule has 0 radical (unpaired) electrons. The minimum Gasteiger partial charge on any atom is -0.550 e. The summed E-state index contributed by atoms with van der Waals surface area (Å²) in [6, 6.07) is 0. The number of esters is 4. The summed E-state index contributed by atoms with van der Waals surface area (Å²) < 4.78 is 19.5. The van der Waals surface area contributed by atoms with Gasteiger partial charge in [-0.25, -0.2) is 19.2 Å². The number of hydrogen-bond donors (Lipinski definition) is 0. The van der Waals surface area contributed by atoms with Crippen LogP contribution in [0.4, 0.5) is 0 Å². The van der Waals surface area contributed by atoms with Crippen LogP contribution in [0.3, 0.4) is 0 Å². The monoisotopic (exact) mass is 618 g/mol. The third kappa shape index (κ3) is 18.6. The molecule has 0 atom stereocenters. The molecule has 0 fully saturated rings. The van der Waals surface area contributed by atoms with Gasteiger partial charge in [-0.05, 0) is 53.4 Å². The standard InChI is InChI=1S/2C15H22O6.Mg/c2*1-10(2)12(16)20-8-6-15(5,14(18)19)7-9-21-13(17)11(3)4;/h2*1,3,6-9H2,2,4-5H3,(H,18,19);/q;;+2/p-2. The number of rotatable bonds is 18. The molecule has 0 aromatic carbocycles. The van der Waals surface area contributed by atoms with Crippen molar-refractivity contribution < 1.29 is 57.9 Å². The Morgan fingerprint density at radius 3 is 0.767 bits per heavy atom. The quantitative estimate of drug-likeness (QED) is 0.0924. The molecule has 0 N–H and O–H groups in total. The Hall–Kier alpha value is -3.45. The van der Waals surface area contributed by atoms with Crippen molar-refractivity contribution in [2.45, 2.75) is 67.2 Å². The molecule has 0 aromatic heterocycles. The first kappa shape index (κ1) is 44.0. The van der Waals surface area contributed by atoms with Crippen LogP contribution in [-0.4, -0.2) is 85.3 Å². The molecule has 0 saturated heterocycles. The van der Waals surface area contributed by atoms with Crippen LogP contribution in [0.1, 0.15) is 67.2 Å². The topological polar surface area (TPSA) is 185 Å². The largest absolute Gasteiger partial charge is 2.00 e. The Morgan fingerprint density at radius 2 is 0.651 bits per heavy atom. The maximum absolute atomic E-state index is 11.2. The van der Waals surface area contributed by atoms with E-state index in [2.05, 4.69) is 26.3 Å². The zero-order valence-corrected chi connectivity index (χ0v) is 27.5.